The van der Waals surface area contributed by atoms with Gasteiger partial charge in [-0.2, -0.15) is 5.10 Å². The van der Waals surface area contributed by atoms with Crippen LogP contribution in [-0.2, 0) is 18.3 Å². The van der Waals surface area contributed by atoms with Crippen molar-refractivity contribution < 1.29 is 9.47 Å². The smallest absolute Gasteiger partial charge is 0.155 e. The predicted octanol–water partition coefficient (Wildman–Crippen LogP) is 4.62. The SMILES string of the molecule is CCC(C)(C)c1cc(CCc2ccc(OC)cc2OC)nnc1Cl. The van der Waals surface area contributed by atoms with Crippen LogP contribution in [-0.4, -0.2) is 24.4 Å². The van der Waals surface area contributed by atoms with Crippen LogP contribution in [0, 0.1) is 0 Å². The molecule has 0 radical (unpaired) electrons. The number of hydrogen-bond donors (Lipinski definition) is 0. The fourth-order valence-electron chi connectivity index (χ4n) is 2.53. The number of aryl methyl sites for hydroxylation is 2. The highest BCUT2D eigenvalue weighted by Gasteiger charge is 2.23. The molecule has 4 nitrogen and oxygen atoms in total. The maximum absolute atomic E-state index is 6.25. The molecule has 1 aromatic heterocycles. The molecule has 0 N–H and O–H groups in total. The third-order valence-electron chi connectivity index (χ3n) is 4.56. The summed E-state index contributed by atoms with van der Waals surface area (Å²) < 4.78 is 10.7. The molecule has 2 aromatic rings. The molecule has 0 aliphatic heterocycles. The van der Waals surface area contributed by atoms with Crippen LogP contribution in [0.5, 0.6) is 11.5 Å². The predicted molar refractivity (Wildman–Crippen MR) is 97.3 cm³/mol. The van der Waals surface area contributed by atoms with Gasteiger partial charge in [0.25, 0.3) is 0 Å². The van der Waals surface area contributed by atoms with Gasteiger partial charge in [0.15, 0.2) is 5.15 Å². The molecule has 0 saturated carbocycles. The van der Waals surface area contributed by atoms with E-state index in [1.54, 1.807) is 14.2 Å². The number of hydrogen-bond acceptors (Lipinski definition) is 4. The Bertz CT molecular complexity index is 702. The lowest BCUT2D eigenvalue weighted by atomic mass is 9.83. The Morgan fingerprint density at radius 2 is 1.79 bits per heavy atom. The van der Waals surface area contributed by atoms with Gasteiger partial charge >= 0.3 is 0 Å². The minimum absolute atomic E-state index is 0.0143. The van der Waals surface area contributed by atoms with E-state index in [-0.39, 0.29) is 5.41 Å². The van der Waals surface area contributed by atoms with E-state index < -0.39 is 0 Å². The van der Waals surface area contributed by atoms with Gasteiger partial charge in [0.1, 0.15) is 11.5 Å². The topological polar surface area (TPSA) is 44.2 Å². The largest absolute Gasteiger partial charge is 0.497 e. The van der Waals surface area contributed by atoms with Crippen LogP contribution in [0.25, 0.3) is 0 Å². The first-order chi connectivity index (χ1) is 11.4. The van der Waals surface area contributed by atoms with E-state index in [4.69, 9.17) is 21.1 Å². The maximum atomic E-state index is 6.25. The normalized spacial score (nSPS) is 11.4. The summed E-state index contributed by atoms with van der Waals surface area (Å²) in [6.07, 6.45) is 2.58. The molecule has 0 aliphatic carbocycles. The standard InChI is InChI=1S/C19H25ClN2O2/c1-6-19(2,3)16-11-14(21-22-18(16)20)9-7-13-8-10-15(23-4)12-17(13)24-5/h8,10-12H,6-7,9H2,1-5H3. The number of nitrogens with zero attached hydrogens (tertiary/aromatic N) is 2. The second kappa shape index (κ2) is 7.84. The molecule has 24 heavy (non-hydrogen) atoms. The van der Waals surface area contributed by atoms with Gasteiger partial charge in [0.05, 0.1) is 19.9 Å². The fraction of sp³-hybridized carbons (Fsp3) is 0.474. The molecule has 2 rings (SSSR count). The van der Waals surface area contributed by atoms with E-state index in [2.05, 4.69) is 37.0 Å². The first-order valence-electron chi connectivity index (χ1n) is 8.14. The number of aromatic nitrogens is 2. The van der Waals surface area contributed by atoms with Gasteiger partial charge in [-0.3, -0.25) is 0 Å². The van der Waals surface area contributed by atoms with Gasteiger partial charge in [-0.1, -0.05) is 38.4 Å². The quantitative estimate of drug-likeness (QED) is 0.732. The zero-order valence-corrected chi connectivity index (χ0v) is 15.8. The number of halogens is 1. The zero-order chi connectivity index (χ0) is 17.7. The monoisotopic (exact) mass is 348 g/mol. The summed E-state index contributed by atoms with van der Waals surface area (Å²) in [5, 5.41) is 8.88. The van der Waals surface area contributed by atoms with Gasteiger partial charge < -0.3 is 9.47 Å². The lowest BCUT2D eigenvalue weighted by Gasteiger charge is -2.24. The molecule has 130 valence electrons. The van der Waals surface area contributed by atoms with Crippen LogP contribution in [0.2, 0.25) is 5.15 Å². The molecule has 0 unspecified atom stereocenters. The number of methoxy groups -OCH3 is 2. The molecular formula is C19H25ClN2O2. The Labute approximate surface area is 149 Å². The minimum Gasteiger partial charge on any atom is -0.497 e. The average Bonchev–Trinajstić information content (AvgIpc) is 2.60. The van der Waals surface area contributed by atoms with Crippen LogP contribution in [0.15, 0.2) is 24.3 Å². The van der Waals surface area contributed by atoms with Crippen molar-refractivity contribution in [2.75, 3.05) is 14.2 Å². The first kappa shape index (κ1) is 18.5. The summed E-state index contributed by atoms with van der Waals surface area (Å²) in [6, 6.07) is 7.94. The molecular weight excluding hydrogens is 324 g/mol. The third-order valence-corrected chi connectivity index (χ3v) is 4.84. The highest BCUT2D eigenvalue weighted by atomic mass is 35.5. The van der Waals surface area contributed by atoms with E-state index in [9.17, 15) is 0 Å². The summed E-state index contributed by atoms with van der Waals surface area (Å²) in [5.41, 5.74) is 3.10. The van der Waals surface area contributed by atoms with Crippen LogP contribution >= 0.6 is 11.6 Å². The lowest BCUT2D eigenvalue weighted by Crippen LogP contribution is -2.18. The molecule has 0 aliphatic rings. The molecule has 0 spiro atoms. The van der Waals surface area contributed by atoms with Crippen LogP contribution in [0.4, 0.5) is 0 Å². The van der Waals surface area contributed by atoms with Gasteiger partial charge in [-0.15, -0.1) is 5.10 Å². The number of benzene rings is 1. The summed E-state index contributed by atoms with van der Waals surface area (Å²) in [5.74, 6) is 1.61. The van der Waals surface area contributed by atoms with Gasteiger partial charge in [-0.25, -0.2) is 0 Å². The Balaban J connectivity index is 2.20. The fourth-order valence-corrected chi connectivity index (χ4v) is 2.87. The molecule has 0 fully saturated rings. The Hall–Kier alpha value is -1.81. The Kier molecular flexibility index (Phi) is 6.05. The van der Waals surface area contributed by atoms with E-state index >= 15 is 0 Å². The van der Waals surface area contributed by atoms with Crippen molar-refractivity contribution in [2.45, 2.75) is 45.4 Å². The average molecular weight is 349 g/mol. The van der Waals surface area contributed by atoms with E-state index in [0.717, 1.165) is 47.6 Å². The molecule has 5 heteroatoms. The third kappa shape index (κ3) is 4.18. The van der Waals surface area contributed by atoms with Crippen molar-refractivity contribution in [1.29, 1.82) is 0 Å². The Morgan fingerprint density at radius 3 is 2.42 bits per heavy atom. The van der Waals surface area contributed by atoms with Crippen LogP contribution < -0.4 is 9.47 Å². The molecule has 1 heterocycles. The molecule has 0 saturated heterocycles. The molecule has 1 aromatic carbocycles. The van der Waals surface area contributed by atoms with Crippen molar-refractivity contribution in [3.05, 3.63) is 46.2 Å². The minimum atomic E-state index is -0.0143. The molecule has 0 bridgehead atoms. The molecule has 0 atom stereocenters. The van der Waals surface area contributed by atoms with E-state index in [0.29, 0.717) is 5.15 Å². The lowest BCUT2D eigenvalue weighted by molar-refractivity contribution is 0.391. The van der Waals surface area contributed by atoms with E-state index in [1.807, 2.05) is 18.2 Å². The van der Waals surface area contributed by atoms with Crippen molar-refractivity contribution >= 4 is 11.6 Å². The maximum Gasteiger partial charge on any atom is 0.155 e. The highest BCUT2D eigenvalue weighted by molar-refractivity contribution is 6.30. The van der Waals surface area contributed by atoms with Gasteiger partial charge in [0.2, 0.25) is 0 Å². The summed E-state index contributed by atoms with van der Waals surface area (Å²) in [6.45, 7) is 6.50. The van der Waals surface area contributed by atoms with E-state index in [1.165, 1.54) is 0 Å². The van der Waals surface area contributed by atoms with Crippen LogP contribution in [0.3, 0.4) is 0 Å². The second-order valence-corrected chi connectivity index (χ2v) is 6.81. The van der Waals surface area contributed by atoms with Gasteiger partial charge in [-0.05, 0) is 47.9 Å². The van der Waals surface area contributed by atoms with Crippen molar-refractivity contribution in [2.24, 2.45) is 0 Å². The summed E-state index contributed by atoms with van der Waals surface area (Å²) >= 11 is 6.25. The second-order valence-electron chi connectivity index (χ2n) is 6.46. The van der Waals surface area contributed by atoms with Crippen molar-refractivity contribution in [3.8, 4) is 11.5 Å². The summed E-state index contributed by atoms with van der Waals surface area (Å²) in [4.78, 5) is 0. The van der Waals surface area contributed by atoms with Crippen molar-refractivity contribution in [3.63, 3.8) is 0 Å². The molecule has 0 amide bonds. The number of ether oxygens (including phenoxy) is 2. The number of rotatable bonds is 7. The van der Waals surface area contributed by atoms with Crippen LogP contribution in [0.1, 0.15) is 44.0 Å². The summed E-state index contributed by atoms with van der Waals surface area (Å²) in [7, 11) is 3.32. The highest BCUT2D eigenvalue weighted by Crippen LogP contribution is 2.32. The van der Waals surface area contributed by atoms with Gasteiger partial charge in [0, 0.05) is 6.07 Å². The van der Waals surface area contributed by atoms with Crippen molar-refractivity contribution in [1.82, 2.24) is 10.2 Å². The Morgan fingerprint density at radius 1 is 1.04 bits per heavy atom. The zero-order valence-electron chi connectivity index (χ0n) is 15.0. The first-order valence-corrected chi connectivity index (χ1v) is 8.52.